The van der Waals surface area contributed by atoms with Gasteiger partial charge in [0.05, 0.1) is 0 Å². The number of rotatable bonds is 4. The number of hydrogen-bond donors (Lipinski definition) is 0. The normalized spacial score (nSPS) is 12.1. The molecule has 0 saturated heterocycles. The lowest BCUT2D eigenvalue weighted by Crippen LogP contribution is -1.95. The number of ether oxygens (including phenoxy) is 1. The molecule has 87 valence electrons. The van der Waals surface area contributed by atoms with Crippen LogP contribution in [0.2, 0.25) is 0 Å². The van der Waals surface area contributed by atoms with E-state index < -0.39 is 0 Å². The Hall–Kier alpha value is -1.28. The van der Waals surface area contributed by atoms with Gasteiger partial charge in [-0.1, -0.05) is 58.4 Å². The lowest BCUT2D eigenvalue weighted by Gasteiger charge is -2.07. The van der Waals surface area contributed by atoms with Crippen LogP contribution in [0.15, 0.2) is 48.5 Å². The van der Waals surface area contributed by atoms with E-state index in [1.807, 2.05) is 24.3 Å². The average Bonchev–Trinajstić information content (AvgIpc) is 2.38. The Bertz CT molecular complexity index is 448. The Morgan fingerprint density at radius 2 is 1.94 bits per heavy atom. The second-order valence-electron chi connectivity index (χ2n) is 3.87. The molecular formula is C15H14BrO. The molecule has 0 aliphatic heterocycles. The first-order valence-electron chi connectivity index (χ1n) is 5.58. The van der Waals surface area contributed by atoms with Crippen molar-refractivity contribution in [3.63, 3.8) is 0 Å². The van der Waals surface area contributed by atoms with Gasteiger partial charge in [0.1, 0.15) is 12.4 Å². The summed E-state index contributed by atoms with van der Waals surface area (Å²) in [4.78, 5) is 0.389. The zero-order chi connectivity index (χ0) is 12.1. The Morgan fingerprint density at radius 3 is 2.53 bits per heavy atom. The van der Waals surface area contributed by atoms with Gasteiger partial charge in [-0.2, -0.15) is 0 Å². The maximum atomic E-state index is 5.63. The fourth-order valence-corrected chi connectivity index (χ4v) is 1.81. The third-order valence-corrected chi connectivity index (χ3v) is 3.04. The molecule has 1 unspecified atom stereocenters. The first-order valence-corrected chi connectivity index (χ1v) is 6.49. The van der Waals surface area contributed by atoms with E-state index in [-0.39, 0.29) is 0 Å². The van der Waals surface area contributed by atoms with Gasteiger partial charge in [-0.25, -0.2) is 0 Å². The molecule has 0 heterocycles. The quantitative estimate of drug-likeness (QED) is 0.752. The summed E-state index contributed by atoms with van der Waals surface area (Å²) in [5.74, 6) is 0.783. The Balaban J connectivity index is 1.96. The average molecular weight is 290 g/mol. The molecule has 0 aromatic heterocycles. The molecule has 2 heteroatoms. The van der Waals surface area contributed by atoms with Crippen LogP contribution >= 0.6 is 15.9 Å². The Kier molecular flexibility index (Phi) is 4.21. The van der Waals surface area contributed by atoms with E-state index in [0.717, 1.165) is 5.75 Å². The molecule has 1 atom stereocenters. The Morgan fingerprint density at radius 1 is 1.18 bits per heavy atom. The van der Waals surface area contributed by atoms with Gasteiger partial charge in [0.25, 0.3) is 0 Å². The highest BCUT2D eigenvalue weighted by Gasteiger charge is 2.00. The summed E-state index contributed by atoms with van der Waals surface area (Å²) in [5.41, 5.74) is 2.44. The van der Waals surface area contributed by atoms with E-state index >= 15 is 0 Å². The second-order valence-corrected chi connectivity index (χ2v) is 5.25. The van der Waals surface area contributed by atoms with E-state index in [0.29, 0.717) is 11.4 Å². The standard InChI is InChI=1S/C15H14BrO/c1-12(16)14-9-7-13(8-10-14)11-17-15-5-3-2-4-6-15/h2-5,7-10,12H,11H2,1H3. The van der Waals surface area contributed by atoms with Crippen LogP contribution in [0, 0.1) is 6.07 Å². The van der Waals surface area contributed by atoms with E-state index in [1.54, 1.807) is 0 Å². The number of halogens is 1. The van der Waals surface area contributed by atoms with Gasteiger partial charge in [0.15, 0.2) is 0 Å². The molecule has 1 nitrogen and oxygen atoms in total. The van der Waals surface area contributed by atoms with Crippen molar-refractivity contribution in [3.05, 3.63) is 65.7 Å². The van der Waals surface area contributed by atoms with E-state index in [4.69, 9.17) is 4.74 Å². The molecule has 17 heavy (non-hydrogen) atoms. The van der Waals surface area contributed by atoms with Crippen molar-refractivity contribution in [2.75, 3.05) is 0 Å². The van der Waals surface area contributed by atoms with E-state index in [2.05, 4.69) is 53.2 Å². The zero-order valence-electron chi connectivity index (χ0n) is 9.69. The third-order valence-electron chi connectivity index (χ3n) is 2.51. The van der Waals surface area contributed by atoms with Gasteiger partial charge < -0.3 is 4.74 Å². The molecule has 2 aromatic carbocycles. The van der Waals surface area contributed by atoms with Gasteiger partial charge in [0.2, 0.25) is 0 Å². The minimum atomic E-state index is 0.389. The van der Waals surface area contributed by atoms with Gasteiger partial charge in [0, 0.05) is 10.9 Å². The molecule has 0 bridgehead atoms. The van der Waals surface area contributed by atoms with Crippen molar-refractivity contribution >= 4 is 15.9 Å². The molecule has 2 rings (SSSR count). The van der Waals surface area contributed by atoms with E-state index in [1.165, 1.54) is 11.1 Å². The molecule has 2 aromatic rings. The fourth-order valence-electron chi connectivity index (χ4n) is 1.51. The second kappa shape index (κ2) is 5.87. The molecule has 0 fully saturated rings. The van der Waals surface area contributed by atoms with Crippen LogP contribution < -0.4 is 4.74 Å². The van der Waals surface area contributed by atoms with Crippen molar-refractivity contribution in [2.24, 2.45) is 0 Å². The SMILES string of the molecule is CC(Br)c1ccc(COc2[c]cccc2)cc1. The highest BCUT2D eigenvalue weighted by Crippen LogP contribution is 2.21. The minimum Gasteiger partial charge on any atom is -0.488 e. The maximum Gasteiger partial charge on any atom is 0.127 e. The molecule has 1 radical (unpaired) electrons. The number of benzene rings is 2. The highest BCUT2D eigenvalue weighted by atomic mass is 79.9. The lowest BCUT2D eigenvalue weighted by molar-refractivity contribution is 0.305. The maximum absolute atomic E-state index is 5.63. The summed E-state index contributed by atoms with van der Waals surface area (Å²) in [5, 5.41) is 0. The topological polar surface area (TPSA) is 9.23 Å². The summed E-state index contributed by atoms with van der Waals surface area (Å²) >= 11 is 3.55. The van der Waals surface area contributed by atoms with Crippen LogP contribution in [0.1, 0.15) is 22.9 Å². The van der Waals surface area contributed by atoms with Gasteiger partial charge in [-0.3, -0.25) is 0 Å². The van der Waals surface area contributed by atoms with Crippen molar-refractivity contribution in [3.8, 4) is 5.75 Å². The molecule has 0 N–H and O–H groups in total. The van der Waals surface area contributed by atoms with Crippen LogP contribution in [0.4, 0.5) is 0 Å². The molecular weight excluding hydrogens is 276 g/mol. The third kappa shape index (κ3) is 3.60. The zero-order valence-corrected chi connectivity index (χ0v) is 11.3. The minimum absolute atomic E-state index is 0.389. The summed E-state index contributed by atoms with van der Waals surface area (Å²) in [6, 6.07) is 19.1. The predicted molar refractivity (Wildman–Crippen MR) is 73.4 cm³/mol. The summed E-state index contributed by atoms with van der Waals surface area (Å²) in [7, 11) is 0. The molecule has 0 amide bonds. The van der Waals surface area contributed by atoms with Crippen LogP contribution in [0.5, 0.6) is 5.75 Å². The van der Waals surface area contributed by atoms with E-state index in [9.17, 15) is 0 Å². The first kappa shape index (κ1) is 12.2. The molecule has 0 aliphatic carbocycles. The Labute approximate surface area is 111 Å². The van der Waals surface area contributed by atoms with Gasteiger partial charge >= 0.3 is 0 Å². The number of para-hydroxylation sites is 1. The molecule has 0 spiro atoms. The molecule has 0 aliphatic rings. The largest absolute Gasteiger partial charge is 0.488 e. The monoisotopic (exact) mass is 289 g/mol. The number of alkyl halides is 1. The van der Waals surface area contributed by atoms with Crippen LogP contribution in [0.25, 0.3) is 0 Å². The van der Waals surface area contributed by atoms with Gasteiger partial charge in [-0.05, 0) is 24.1 Å². The highest BCUT2D eigenvalue weighted by molar-refractivity contribution is 9.09. The molecule has 0 saturated carbocycles. The number of hydrogen-bond acceptors (Lipinski definition) is 1. The van der Waals surface area contributed by atoms with Crippen LogP contribution in [-0.2, 0) is 6.61 Å². The van der Waals surface area contributed by atoms with Crippen molar-refractivity contribution in [2.45, 2.75) is 18.4 Å². The van der Waals surface area contributed by atoms with Crippen molar-refractivity contribution in [1.29, 1.82) is 0 Å². The van der Waals surface area contributed by atoms with Crippen LogP contribution in [-0.4, -0.2) is 0 Å². The smallest absolute Gasteiger partial charge is 0.127 e. The van der Waals surface area contributed by atoms with Crippen LogP contribution in [0.3, 0.4) is 0 Å². The summed E-state index contributed by atoms with van der Waals surface area (Å²) in [6.07, 6.45) is 0. The summed E-state index contributed by atoms with van der Waals surface area (Å²) < 4.78 is 5.63. The van der Waals surface area contributed by atoms with Gasteiger partial charge in [-0.15, -0.1) is 0 Å². The predicted octanol–water partition coefficient (Wildman–Crippen LogP) is 4.52. The first-order chi connectivity index (χ1) is 8.25. The summed E-state index contributed by atoms with van der Waals surface area (Å²) in [6.45, 7) is 2.70. The van der Waals surface area contributed by atoms with Crippen molar-refractivity contribution < 1.29 is 4.74 Å². The van der Waals surface area contributed by atoms with Crippen molar-refractivity contribution in [1.82, 2.24) is 0 Å². The fraction of sp³-hybridized carbons (Fsp3) is 0.200. The lowest BCUT2D eigenvalue weighted by atomic mass is 10.1.